The molecule has 5 nitrogen and oxygen atoms in total. The molecule has 0 aliphatic heterocycles. The Morgan fingerprint density at radius 1 is 1.29 bits per heavy atom. The first kappa shape index (κ1) is 20.5. The summed E-state index contributed by atoms with van der Waals surface area (Å²) in [5.41, 5.74) is 2.57. The van der Waals surface area contributed by atoms with Crippen molar-refractivity contribution < 1.29 is 9.53 Å². The number of fused-ring (bicyclic) bond motifs is 1. The van der Waals surface area contributed by atoms with E-state index in [2.05, 4.69) is 27.4 Å². The number of amides is 1. The van der Waals surface area contributed by atoms with Crippen molar-refractivity contribution in [3.63, 3.8) is 0 Å². The molecule has 1 unspecified atom stereocenters. The zero-order chi connectivity index (χ0) is 19.9. The Morgan fingerprint density at radius 2 is 2.11 bits per heavy atom. The Morgan fingerprint density at radius 3 is 2.82 bits per heavy atom. The third-order valence-corrected chi connectivity index (χ3v) is 5.02. The van der Waals surface area contributed by atoms with E-state index < -0.39 is 0 Å². The smallest absolute Gasteiger partial charge is 0.270 e. The lowest BCUT2D eigenvalue weighted by molar-refractivity contribution is 0.0849. The van der Waals surface area contributed by atoms with Crippen LogP contribution in [0.3, 0.4) is 0 Å². The molecule has 2 aromatic rings. The van der Waals surface area contributed by atoms with E-state index in [1.54, 1.807) is 12.3 Å². The van der Waals surface area contributed by atoms with Gasteiger partial charge in [0.05, 0.1) is 18.0 Å². The van der Waals surface area contributed by atoms with Gasteiger partial charge in [-0.25, -0.2) is 9.97 Å². The molecule has 1 N–H and O–H groups in total. The average molecular weight is 400 g/mol. The quantitative estimate of drug-likeness (QED) is 0.693. The molecule has 1 amide bonds. The van der Waals surface area contributed by atoms with E-state index in [-0.39, 0.29) is 11.9 Å². The highest BCUT2D eigenvalue weighted by molar-refractivity contribution is 6.29. The van der Waals surface area contributed by atoms with Crippen LogP contribution in [0.1, 0.15) is 54.7 Å². The van der Waals surface area contributed by atoms with E-state index in [9.17, 15) is 4.79 Å². The molecule has 1 aliphatic rings. The van der Waals surface area contributed by atoms with Crippen LogP contribution < -0.4 is 15.9 Å². The van der Waals surface area contributed by atoms with E-state index >= 15 is 0 Å². The normalized spacial score (nSPS) is 13.8. The number of carbonyl (C=O) groups excluding carboxylic acids is 1. The number of hydrogen-bond donors (Lipinski definition) is 1. The largest absolute Gasteiger partial charge is 0.380 e. The van der Waals surface area contributed by atoms with Crippen LogP contribution in [0.15, 0.2) is 24.4 Å². The molecule has 0 saturated carbocycles. The van der Waals surface area contributed by atoms with Crippen molar-refractivity contribution in [2.45, 2.75) is 45.6 Å². The Kier molecular flexibility index (Phi) is 7.18. The number of pyridine rings is 2. The molecule has 28 heavy (non-hydrogen) atoms. The minimum absolute atomic E-state index is 0.0234. The second-order valence-corrected chi connectivity index (χ2v) is 7.24. The van der Waals surface area contributed by atoms with Crippen molar-refractivity contribution in [2.24, 2.45) is 0 Å². The molecule has 0 saturated heterocycles. The van der Waals surface area contributed by atoms with Crippen LogP contribution in [-0.4, -0.2) is 35.1 Å². The molecule has 0 aromatic carbocycles. The van der Waals surface area contributed by atoms with Gasteiger partial charge < -0.3 is 10.1 Å². The van der Waals surface area contributed by atoms with Crippen LogP contribution in [0.25, 0.3) is 12.2 Å². The first-order valence-corrected chi connectivity index (χ1v) is 10.2. The molecule has 1 atom stereocenters. The van der Waals surface area contributed by atoms with Crippen molar-refractivity contribution in [3.8, 4) is 0 Å². The summed E-state index contributed by atoms with van der Waals surface area (Å²) in [5, 5.41) is 5.51. The summed E-state index contributed by atoms with van der Waals surface area (Å²) in [6, 6.07) is 5.62. The number of ether oxygens (including phenoxy) is 1. The number of aromatic nitrogens is 2. The van der Waals surface area contributed by atoms with Gasteiger partial charge in [0, 0.05) is 12.8 Å². The molecule has 0 bridgehead atoms. The lowest BCUT2D eigenvalue weighted by Gasteiger charge is -2.17. The van der Waals surface area contributed by atoms with Gasteiger partial charge in [-0.15, -0.1) is 0 Å². The van der Waals surface area contributed by atoms with Gasteiger partial charge in [-0.2, -0.15) is 0 Å². The number of halogens is 1. The van der Waals surface area contributed by atoms with Crippen LogP contribution in [0.4, 0.5) is 0 Å². The highest BCUT2D eigenvalue weighted by atomic mass is 35.5. The summed E-state index contributed by atoms with van der Waals surface area (Å²) < 4.78 is 5.46. The minimum Gasteiger partial charge on any atom is -0.380 e. The van der Waals surface area contributed by atoms with Crippen LogP contribution in [-0.2, 0) is 11.2 Å². The standard InChI is InChI=1S/C22H26ClN3O2/c1-3-17(14-28-4-2)25-22(27)20-12-16(11-15-9-10-21(23)24-13-15)18-7-5-6-8-19(18)26-20/h7-10,12-13,17H,3-6,11,14H2,1-2H3,(H,25,27). The van der Waals surface area contributed by atoms with E-state index in [0.717, 1.165) is 41.0 Å². The lowest BCUT2D eigenvalue weighted by atomic mass is 10.0. The molecule has 3 rings (SSSR count). The molecule has 2 heterocycles. The van der Waals surface area contributed by atoms with E-state index in [0.29, 0.717) is 30.5 Å². The Bertz CT molecular complexity index is 941. The average Bonchev–Trinajstić information content (AvgIpc) is 2.72. The van der Waals surface area contributed by atoms with Crippen LogP contribution in [0.5, 0.6) is 0 Å². The summed E-state index contributed by atoms with van der Waals surface area (Å²) in [6.45, 7) is 5.12. The summed E-state index contributed by atoms with van der Waals surface area (Å²) in [5.74, 6) is -0.163. The zero-order valence-corrected chi connectivity index (χ0v) is 17.1. The summed E-state index contributed by atoms with van der Waals surface area (Å²) in [6.07, 6.45) is 9.49. The van der Waals surface area contributed by atoms with Crippen LogP contribution in [0, 0.1) is 0 Å². The highest BCUT2D eigenvalue weighted by Crippen LogP contribution is 2.10. The molecule has 0 fully saturated rings. The number of nitrogens with one attached hydrogen (secondary N) is 1. The van der Waals surface area contributed by atoms with Gasteiger partial charge in [-0.3, -0.25) is 4.79 Å². The van der Waals surface area contributed by atoms with Gasteiger partial charge in [0.1, 0.15) is 10.8 Å². The number of carbonyl (C=O) groups is 1. The third kappa shape index (κ3) is 5.18. The summed E-state index contributed by atoms with van der Waals surface area (Å²) >= 11 is 5.90. The molecule has 6 heteroatoms. The monoisotopic (exact) mass is 399 g/mol. The van der Waals surface area contributed by atoms with Gasteiger partial charge >= 0.3 is 0 Å². The Hall–Kier alpha value is -2.24. The first-order valence-electron chi connectivity index (χ1n) is 9.80. The van der Waals surface area contributed by atoms with Gasteiger partial charge in [0.25, 0.3) is 5.91 Å². The molecule has 148 valence electrons. The second kappa shape index (κ2) is 9.80. The molecule has 0 spiro atoms. The topological polar surface area (TPSA) is 64.1 Å². The van der Waals surface area contributed by atoms with Crippen molar-refractivity contribution in [1.29, 1.82) is 0 Å². The fraction of sp³-hybridized carbons (Fsp3) is 0.409. The molecular formula is C22H26ClN3O2. The Balaban J connectivity index is 1.90. The first-order chi connectivity index (χ1) is 13.6. The Labute approximate surface area is 170 Å². The van der Waals surface area contributed by atoms with Crippen LogP contribution in [0.2, 0.25) is 5.15 Å². The van der Waals surface area contributed by atoms with Crippen molar-refractivity contribution in [1.82, 2.24) is 15.3 Å². The fourth-order valence-electron chi connectivity index (χ4n) is 3.24. The maximum absolute atomic E-state index is 12.8. The summed E-state index contributed by atoms with van der Waals surface area (Å²) in [4.78, 5) is 21.6. The lowest BCUT2D eigenvalue weighted by Crippen LogP contribution is -2.41. The van der Waals surface area contributed by atoms with Crippen molar-refractivity contribution >= 4 is 29.7 Å². The maximum atomic E-state index is 12.8. The van der Waals surface area contributed by atoms with Gasteiger partial charge in [-0.1, -0.05) is 36.7 Å². The predicted molar refractivity (Wildman–Crippen MR) is 112 cm³/mol. The summed E-state index contributed by atoms with van der Waals surface area (Å²) in [7, 11) is 0. The predicted octanol–water partition coefficient (Wildman–Crippen LogP) is 2.62. The zero-order valence-electron chi connectivity index (χ0n) is 16.4. The SMILES string of the molecule is CCOCC(CC)NC(=O)c1cc(Cc2ccc(Cl)nc2)c2c(n1)=CCCC=2. The maximum Gasteiger partial charge on any atom is 0.270 e. The van der Waals surface area contributed by atoms with E-state index in [4.69, 9.17) is 16.3 Å². The van der Waals surface area contributed by atoms with Crippen LogP contribution >= 0.6 is 11.6 Å². The minimum atomic E-state index is -0.163. The van der Waals surface area contributed by atoms with Gasteiger partial charge in [0.15, 0.2) is 0 Å². The van der Waals surface area contributed by atoms with Crippen molar-refractivity contribution in [2.75, 3.05) is 13.2 Å². The third-order valence-electron chi connectivity index (χ3n) is 4.79. The fourth-order valence-corrected chi connectivity index (χ4v) is 3.35. The van der Waals surface area contributed by atoms with E-state index in [1.807, 2.05) is 26.0 Å². The number of nitrogens with zero attached hydrogens (tertiary/aromatic N) is 2. The molecule has 0 radical (unpaired) electrons. The highest BCUT2D eigenvalue weighted by Gasteiger charge is 2.16. The molecule has 1 aliphatic carbocycles. The number of rotatable bonds is 8. The van der Waals surface area contributed by atoms with Gasteiger partial charge in [0.2, 0.25) is 0 Å². The molecular weight excluding hydrogens is 374 g/mol. The number of hydrogen-bond acceptors (Lipinski definition) is 4. The molecule has 2 aromatic heterocycles. The van der Waals surface area contributed by atoms with Crippen molar-refractivity contribution in [3.05, 3.63) is 56.9 Å². The van der Waals surface area contributed by atoms with E-state index in [1.165, 1.54) is 0 Å². The van der Waals surface area contributed by atoms with Gasteiger partial charge in [-0.05, 0) is 61.1 Å². The second-order valence-electron chi connectivity index (χ2n) is 6.86.